The Hall–Kier alpha value is -3.25. The van der Waals surface area contributed by atoms with Crippen LogP contribution >= 0.6 is 0 Å². The van der Waals surface area contributed by atoms with Crippen LogP contribution in [0.3, 0.4) is 0 Å². The van der Waals surface area contributed by atoms with Crippen molar-refractivity contribution in [3.63, 3.8) is 0 Å². The van der Waals surface area contributed by atoms with Crippen LogP contribution in [-0.2, 0) is 23.7 Å². The van der Waals surface area contributed by atoms with Crippen LogP contribution in [0.2, 0.25) is 0 Å². The van der Waals surface area contributed by atoms with Gasteiger partial charge in [0.2, 0.25) is 0 Å². The molecule has 1 aliphatic rings. The summed E-state index contributed by atoms with van der Waals surface area (Å²) in [6.45, 7) is 1.27. The van der Waals surface area contributed by atoms with Crippen LogP contribution in [0.25, 0.3) is 0 Å². The Kier molecular flexibility index (Phi) is 6.28. The summed E-state index contributed by atoms with van der Waals surface area (Å²) in [4.78, 5) is 14.0. The highest BCUT2D eigenvalue weighted by molar-refractivity contribution is 5.70. The largest absolute Gasteiger partial charge is 0.442 e. The first kappa shape index (κ1) is 21.0. The molecule has 6 heteroatoms. The van der Waals surface area contributed by atoms with Gasteiger partial charge in [-0.2, -0.15) is 8.78 Å². The van der Waals surface area contributed by atoms with Gasteiger partial charge in [-0.3, -0.25) is 4.90 Å². The molecule has 3 aromatic carbocycles. The number of nitrogens with zero attached hydrogens (tertiary/aromatic N) is 1. The van der Waals surface area contributed by atoms with Gasteiger partial charge in [0, 0.05) is 25.2 Å². The van der Waals surface area contributed by atoms with Crippen LogP contribution in [0.15, 0.2) is 91.0 Å². The fourth-order valence-electron chi connectivity index (χ4n) is 3.89. The van der Waals surface area contributed by atoms with E-state index in [1.54, 1.807) is 18.2 Å². The second-order valence-corrected chi connectivity index (χ2v) is 7.70. The third-order valence-corrected chi connectivity index (χ3v) is 5.39. The first-order valence-electron chi connectivity index (χ1n) is 10.2. The maximum absolute atomic E-state index is 15.3. The van der Waals surface area contributed by atoms with Crippen molar-refractivity contribution in [2.24, 2.45) is 0 Å². The number of nitrogens with one attached hydrogen (secondary N) is 1. The molecule has 0 saturated carbocycles. The molecule has 1 heterocycles. The van der Waals surface area contributed by atoms with Crippen molar-refractivity contribution in [2.45, 2.75) is 31.2 Å². The SMILES string of the molecule is O=C1N[C@@H](C(F)(F)c2ccccc2)[C@H](CN(Cc2ccccc2)Cc2ccccc2)O1. The minimum Gasteiger partial charge on any atom is -0.442 e. The van der Waals surface area contributed by atoms with E-state index in [-0.39, 0.29) is 12.1 Å². The third kappa shape index (κ3) is 5.09. The topological polar surface area (TPSA) is 41.6 Å². The van der Waals surface area contributed by atoms with E-state index >= 15 is 8.78 Å². The molecule has 3 aromatic rings. The molecule has 0 radical (unpaired) electrons. The highest BCUT2D eigenvalue weighted by Crippen LogP contribution is 2.36. The Bertz CT molecular complexity index is 943. The first-order chi connectivity index (χ1) is 15.0. The van der Waals surface area contributed by atoms with E-state index in [0.717, 1.165) is 11.1 Å². The highest BCUT2D eigenvalue weighted by atomic mass is 19.3. The van der Waals surface area contributed by atoms with Crippen molar-refractivity contribution < 1.29 is 18.3 Å². The molecule has 0 aromatic heterocycles. The maximum Gasteiger partial charge on any atom is 0.408 e. The Labute approximate surface area is 180 Å². The zero-order valence-corrected chi connectivity index (χ0v) is 17.0. The van der Waals surface area contributed by atoms with Gasteiger partial charge in [-0.25, -0.2) is 4.79 Å². The number of benzene rings is 3. The number of carbonyl (C=O) groups is 1. The van der Waals surface area contributed by atoms with E-state index in [1.807, 2.05) is 65.6 Å². The summed E-state index contributed by atoms with van der Waals surface area (Å²) in [5.41, 5.74) is 1.97. The van der Waals surface area contributed by atoms with Crippen molar-refractivity contribution >= 4 is 6.09 Å². The lowest BCUT2D eigenvalue weighted by molar-refractivity contribution is -0.0641. The molecule has 1 N–H and O–H groups in total. The molecule has 1 aliphatic heterocycles. The number of rotatable bonds is 8. The molecule has 31 heavy (non-hydrogen) atoms. The molecule has 0 bridgehead atoms. The molecule has 0 spiro atoms. The lowest BCUT2D eigenvalue weighted by Crippen LogP contribution is -2.49. The predicted molar refractivity (Wildman–Crippen MR) is 115 cm³/mol. The van der Waals surface area contributed by atoms with Gasteiger partial charge in [0.15, 0.2) is 0 Å². The zero-order valence-electron chi connectivity index (χ0n) is 17.0. The monoisotopic (exact) mass is 422 g/mol. The minimum absolute atomic E-state index is 0.145. The Morgan fingerprint density at radius 3 is 1.81 bits per heavy atom. The van der Waals surface area contributed by atoms with Crippen molar-refractivity contribution in [1.82, 2.24) is 10.2 Å². The number of alkyl carbamates (subject to hydrolysis) is 1. The summed E-state index contributed by atoms with van der Waals surface area (Å²) in [5, 5.41) is 2.34. The summed E-state index contributed by atoms with van der Waals surface area (Å²) in [6, 6.07) is 25.7. The lowest BCUT2D eigenvalue weighted by atomic mass is 9.96. The number of amides is 1. The molecule has 1 fully saturated rings. The molecule has 0 unspecified atom stereocenters. The molecule has 1 amide bonds. The average Bonchev–Trinajstić information content (AvgIpc) is 3.16. The molecule has 4 rings (SSSR count). The van der Waals surface area contributed by atoms with Crippen LogP contribution in [-0.4, -0.2) is 29.7 Å². The van der Waals surface area contributed by atoms with Gasteiger partial charge in [0.1, 0.15) is 12.1 Å². The highest BCUT2D eigenvalue weighted by Gasteiger charge is 2.52. The number of cyclic esters (lactones) is 1. The third-order valence-electron chi connectivity index (χ3n) is 5.39. The fraction of sp³-hybridized carbons (Fsp3) is 0.240. The smallest absolute Gasteiger partial charge is 0.408 e. The standard InChI is InChI=1S/C25H24F2N2O2/c26-25(27,21-14-8-3-9-15-21)23-22(31-24(30)28-23)18-29(16-19-10-4-1-5-11-19)17-20-12-6-2-7-13-20/h1-15,22-23H,16-18H2,(H,28,30)/t22-,23+/m0/s1. The first-order valence-corrected chi connectivity index (χ1v) is 10.2. The van der Waals surface area contributed by atoms with Crippen LogP contribution in [0, 0.1) is 0 Å². The van der Waals surface area contributed by atoms with Crippen molar-refractivity contribution in [1.29, 1.82) is 0 Å². The van der Waals surface area contributed by atoms with Crippen molar-refractivity contribution in [3.8, 4) is 0 Å². The summed E-state index contributed by atoms with van der Waals surface area (Å²) in [7, 11) is 0. The van der Waals surface area contributed by atoms with Crippen LogP contribution < -0.4 is 5.32 Å². The van der Waals surface area contributed by atoms with E-state index in [9.17, 15) is 4.79 Å². The number of hydrogen-bond donors (Lipinski definition) is 1. The van der Waals surface area contributed by atoms with E-state index in [1.165, 1.54) is 12.1 Å². The van der Waals surface area contributed by atoms with E-state index < -0.39 is 24.2 Å². The molecular formula is C25H24F2N2O2. The van der Waals surface area contributed by atoms with Gasteiger partial charge >= 0.3 is 6.09 Å². The number of carbonyl (C=O) groups excluding carboxylic acids is 1. The summed E-state index contributed by atoms with van der Waals surface area (Å²) >= 11 is 0. The van der Waals surface area contributed by atoms with Gasteiger partial charge in [0.05, 0.1) is 0 Å². The minimum atomic E-state index is -3.26. The second kappa shape index (κ2) is 9.27. The lowest BCUT2D eigenvalue weighted by Gasteiger charge is -2.30. The summed E-state index contributed by atoms with van der Waals surface area (Å²) in [6.07, 6.45) is -1.81. The van der Waals surface area contributed by atoms with Crippen LogP contribution in [0.5, 0.6) is 0 Å². The fourth-order valence-corrected chi connectivity index (χ4v) is 3.89. The van der Waals surface area contributed by atoms with Crippen molar-refractivity contribution in [3.05, 3.63) is 108 Å². The normalized spacial score (nSPS) is 18.6. The maximum atomic E-state index is 15.3. The molecule has 1 saturated heterocycles. The molecule has 0 aliphatic carbocycles. The Morgan fingerprint density at radius 1 is 0.806 bits per heavy atom. The van der Waals surface area contributed by atoms with Gasteiger partial charge in [-0.1, -0.05) is 91.0 Å². The molecular weight excluding hydrogens is 398 g/mol. The number of ether oxygens (including phenoxy) is 1. The van der Waals surface area contributed by atoms with E-state index in [2.05, 4.69) is 5.32 Å². The summed E-state index contributed by atoms with van der Waals surface area (Å²) in [5.74, 6) is -3.26. The number of halogens is 2. The Balaban J connectivity index is 1.57. The summed E-state index contributed by atoms with van der Waals surface area (Å²) < 4.78 is 35.9. The van der Waals surface area contributed by atoms with Gasteiger partial charge in [-0.15, -0.1) is 0 Å². The van der Waals surface area contributed by atoms with E-state index in [4.69, 9.17) is 4.74 Å². The molecule has 2 atom stereocenters. The van der Waals surface area contributed by atoms with Crippen LogP contribution in [0.4, 0.5) is 13.6 Å². The molecule has 160 valence electrons. The van der Waals surface area contributed by atoms with Crippen molar-refractivity contribution in [2.75, 3.05) is 6.54 Å². The quantitative estimate of drug-likeness (QED) is 0.558. The molecule has 4 nitrogen and oxygen atoms in total. The van der Waals surface area contributed by atoms with E-state index in [0.29, 0.717) is 13.1 Å². The van der Waals surface area contributed by atoms with Crippen LogP contribution in [0.1, 0.15) is 16.7 Å². The number of hydrogen-bond acceptors (Lipinski definition) is 3. The van der Waals surface area contributed by atoms with Gasteiger partial charge < -0.3 is 10.1 Å². The predicted octanol–water partition coefficient (Wildman–Crippen LogP) is 4.96. The average molecular weight is 422 g/mol. The second-order valence-electron chi connectivity index (χ2n) is 7.70. The zero-order chi connectivity index (χ0) is 21.7. The number of alkyl halides is 2. The van der Waals surface area contributed by atoms with Gasteiger partial charge in [-0.05, 0) is 11.1 Å². The van der Waals surface area contributed by atoms with Gasteiger partial charge in [0.25, 0.3) is 5.92 Å². The Morgan fingerprint density at radius 2 is 1.29 bits per heavy atom.